The Morgan fingerprint density at radius 3 is 2.84 bits per heavy atom. The predicted molar refractivity (Wildman–Crippen MR) is 72.5 cm³/mol. The molecule has 0 amide bonds. The number of hydrogen-bond donors (Lipinski definition) is 1. The molecule has 0 bridgehead atoms. The van der Waals surface area contributed by atoms with Gasteiger partial charge in [0.05, 0.1) is 0 Å². The van der Waals surface area contributed by atoms with Crippen molar-refractivity contribution in [2.24, 2.45) is 0 Å². The van der Waals surface area contributed by atoms with Crippen molar-refractivity contribution in [1.29, 1.82) is 0 Å². The van der Waals surface area contributed by atoms with E-state index in [9.17, 15) is 8.78 Å². The van der Waals surface area contributed by atoms with Crippen LogP contribution >= 0.6 is 15.9 Å². The monoisotopic (exact) mass is 328 g/mol. The lowest BCUT2D eigenvalue weighted by molar-refractivity contribution is 0.405. The van der Waals surface area contributed by atoms with Crippen LogP contribution in [0.15, 0.2) is 34.8 Å². The molecule has 19 heavy (non-hydrogen) atoms. The summed E-state index contributed by atoms with van der Waals surface area (Å²) in [5, 5.41) is 3.00. The Kier molecular flexibility index (Phi) is 4.31. The normalized spacial score (nSPS) is 10.3. The number of ether oxygens (including phenoxy) is 1. The molecule has 0 unspecified atom stereocenters. The lowest BCUT2D eigenvalue weighted by atomic mass is 10.3. The van der Waals surface area contributed by atoms with E-state index in [4.69, 9.17) is 4.74 Å². The van der Waals surface area contributed by atoms with Crippen LogP contribution in [-0.2, 0) is 0 Å². The predicted octanol–water partition coefficient (Wildman–Crippen LogP) is 4.35. The summed E-state index contributed by atoms with van der Waals surface area (Å²) in [5.41, 5.74) is 0. The number of hydrogen-bond acceptors (Lipinski definition) is 3. The summed E-state index contributed by atoms with van der Waals surface area (Å²) in [7, 11) is 0. The van der Waals surface area contributed by atoms with Gasteiger partial charge in [0, 0.05) is 17.1 Å². The van der Waals surface area contributed by atoms with Crippen molar-refractivity contribution in [3.8, 4) is 11.6 Å². The van der Waals surface area contributed by atoms with Crippen LogP contribution in [0.1, 0.15) is 6.92 Å². The number of benzene rings is 1. The maximum atomic E-state index is 13.6. The Labute approximate surface area is 117 Å². The van der Waals surface area contributed by atoms with E-state index in [2.05, 4.69) is 26.2 Å². The summed E-state index contributed by atoms with van der Waals surface area (Å²) in [6, 6.07) is 7.42. The highest BCUT2D eigenvalue weighted by molar-refractivity contribution is 9.10. The Morgan fingerprint density at radius 1 is 1.32 bits per heavy atom. The van der Waals surface area contributed by atoms with E-state index in [1.54, 1.807) is 18.2 Å². The van der Waals surface area contributed by atoms with Crippen LogP contribution in [0.5, 0.6) is 11.6 Å². The molecule has 3 nitrogen and oxygen atoms in total. The van der Waals surface area contributed by atoms with Crippen molar-refractivity contribution < 1.29 is 13.5 Å². The molecular formula is C13H11BrF2N2O. The molecule has 1 aromatic heterocycles. The minimum absolute atomic E-state index is 0.190. The fourth-order valence-corrected chi connectivity index (χ4v) is 1.88. The first-order valence-electron chi connectivity index (χ1n) is 5.63. The van der Waals surface area contributed by atoms with Crippen molar-refractivity contribution in [2.75, 3.05) is 11.9 Å². The second-order valence-electron chi connectivity index (χ2n) is 3.69. The summed E-state index contributed by atoms with van der Waals surface area (Å²) in [6.07, 6.45) is 0. The van der Waals surface area contributed by atoms with Gasteiger partial charge in [-0.3, -0.25) is 0 Å². The fraction of sp³-hybridized carbons (Fsp3) is 0.154. The molecule has 0 atom stereocenters. The molecule has 0 saturated heterocycles. The van der Waals surface area contributed by atoms with Crippen LogP contribution < -0.4 is 10.1 Å². The first-order chi connectivity index (χ1) is 9.10. The number of nitrogens with one attached hydrogen (secondary N) is 1. The largest absolute Gasteiger partial charge is 0.436 e. The molecule has 0 spiro atoms. The molecule has 2 rings (SSSR count). The zero-order valence-electron chi connectivity index (χ0n) is 10.1. The van der Waals surface area contributed by atoms with Crippen molar-refractivity contribution in [3.63, 3.8) is 0 Å². The van der Waals surface area contributed by atoms with Gasteiger partial charge in [-0.2, -0.15) is 9.37 Å². The van der Waals surface area contributed by atoms with Gasteiger partial charge in [-0.1, -0.05) is 22.0 Å². The van der Waals surface area contributed by atoms with Crippen LogP contribution in [0.2, 0.25) is 0 Å². The van der Waals surface area contributed by atoms with Crippen molar-refractivity contribution >= 4 is 21.7 Å². The summed E-state index contributed by atoms with van der Waals surface area (Å²) in [5.74, 6) is -1.44. The summed E-state index contributed by atoms with van der Waals surface area (Å²) in [4.78, 5) is 4.12. The van der Waals surface area contributed by atoms with Crippen LogP contribution in [-0.4, -0.2) is 11.5 Å². The third-order valence-electron chi connectivity index (χ3n) is 2.26. The van der Waals surface area contributed by atoms with E-state index in [0.717, 1.165) is 6.07 Å². The van der Waals surface area contributed by atoms with E-state index in [1.165, 1.54) is 6.07 Å². The van der Waals surface area contributed by atoms with Gasteiger partial charge in [0.15, 0.2) is 11.6 Å². The number of aromatic nitrogens is 1. The SMILES string of the molecule is CCNc1cccc(Oc2cc(Br)cc(F)c2F)n1. The van der Waals surface area contributed by atoms with E-state index < -0.39 is 11.6 Å². The van der Waals surface area contributed by atoms with Gasteiger partial charge in [-0.05, 0) is 25.1 Å². The second-order valence-corrected chi connectivity index (χ2v) is 4.61. The fourth-order valence-electron chi connectivity index (χ4n) is 1.47. The summed E-state index contributed by atoms with van der Waals surface area (Å²) < 4.78 is 32.4. The molecule has 1 aromatic carbocycles. The number of anilines is 1. The van der Waals surface area contributed by atoms with E-state index in [1.807, 2.05) is 6.92 Å². The van der Waals surface area contributed by atoms with E-state index >= 15 is 0 Å². The number of halogens is 3. The average molecular weight is 329 g/mol. The number of nitrogens with zero attached hydrogens (tertiary/aromatic N) is 1. The highest BCUT2D eigenvalue weighted by Crippen LogP contribution is 2.29. The molecule has 1 heterocycles. The molecule has 0 fully saturated rings. The standard InChI is InChI=1S/C13H11BrF2N2O/c1-2-17-11-4-3-5-12(18-11)19-10-7-8(14)6-9(15)13(10)16/h3-7H,2H2,1H3,(H,17,18). The van der Waals surface area contributed by atoms with Crippen LogP contribution in [0.3, 0.4) is 0 Å². The maximum absolute atomic E-state index is 13.6. The zero-order valence-corrected chi connectivity index (χ0v) is 11.7. The van der Waals surface area contributed by atoms with Crippen molar-refractivity contribution in [1.82, 2.24) is 4.98 Å². The van der Waals surface area contributed by atoms with Gasteiger partial charge in [0.2, 0.25) is 11.7 Å². The molecule has 2 aromatic rings. The Hall–Kier alpha value is -1.69. The third kappa shape index (κ3) is 3.41. The Morgan fingerprint density at radius 2 is 2.11 bits per heavy atom. The molecule has 0 aliphatic carbocycles. The first kappa shape index (κ1) is 13.7. The Balaban J connectivity index is 2.28. The number of rotatable bonds is 4. The molecule has 0 aliphatic rings. The molecule has 6 heteroatoms. The zero-order chi connectivity index (χ0) is 13.8. The minimum Gasteiger partial charge on any atom is -0.436 e. The molecule has 0 radical (unpaired) electrons. The molecule has 100 valence electrons. The summed E-state index contributed by atoms with van der Waals surface area (Å²) >= 11 is 3.08. The smallest absolute Gasteiger partial charge is 0.221 e. The van der Waals surface area contributed by atoms with Crippen molar-refractivity contribution in [3.05, 3.63) is 46.4 Å². The third-order valence-corrected chi connectivity index (χ3v) is 2.71. The van der Waals surface area contributed by atoms with Gasteiger partial charge >= 0.3 is 0 Å². The highest BCUT2D eigenvalue weighted by atomic mass is 79.9. The van der Waals surface area contributed by atoms with E-state index in [0.29, 0.717) is 16.8 Å². The lowest BCUT2D eigenvalue weighted by Crippen LogP contribution is -2.00. The minimum atomic E-state index is -1.04. The van der Waals surface area contributed by atoms with Crippen LogP contribution in [0.4, 0.5) is 14.6 Å². The van der Waals surface area contributed by atoms with Gasteiger partial charge in [-0.25, -0.2) is 4.39 Å². The molecule has 1 N–H and O–H groups in total. The van der Waals surface area contributed by atoms with Crippen LogP contribution in [0, 0.1) is 11.6 Å². The lowest BCUT2D eigenvalue weighted by Gasteiger charge is -2.08. The van der Waals surface area contributed by atoms with Gasteiger partial charge in [-0.15, -0.1) is 0 Å². The quantitative estimate of drug-likeness (QED) is 0.847. The van der Waals surface area contributed by atoms with Gasteiger partial charge < -0.3 is 10.1 Å². The van der Waals surface area contributed by atoms with Gasteiger partial charge in [0.25, 0.3) is 0 Å². The second kappa shape index (κ2) is 5.97. The van der Waals surface area contributed by atoms with Gasteiger partial charge in [0.1, 0.15) is 5.82 Å². The maximum Gasteiger partial charge on any atom is 0.221 e. The van der Waals surface area contributed by atoms with Crippen molar-refractivity contribution in [2.45, 2.75) is 6.92 Å². The first-order valence-corrected chi connectivity index (χ1v) is 6.42. The molecule has 0 aliphatic heterocycles. The topological polar surface area (TPSA) is 34.1 Å². The van der Waals surface area contributed by atoms with E-state index in [-0.39, 0.29) is 11.6 Å². The Bertz CT molecular complexity index is 593. The molecule has 0 saturated carbocycles. The molecular weight excluding hydrogens is 318 g/mol. The van der Waals surface area contributed by atoms with Crippen LogP contribution in [0.25, 0.3) is 0 Å². The average Bonchev–Trinajstić information content (AvgIpc) is 2.36. The number of pyridine rings is 1. The highest BCUT2D eigenvalue weighted by Gasteiger charge is 2.12. The summed E-state index contributed by atoms with van der Waals surface area (Å²) in [6.45, 7) is 2.63.